The number of rotatable bonds is 2. The minimum absolute atomic E-state index is 0.0446. The average Bonchev–Trinajstić information content (AvgIpc) is 2.26. The van der Waals surface area contributed by atoms with Crippen LogP contribution in [0.4, 0.5) is 4.79 Å². The van der Waals surface area contributed by atoms with Crippen molar-refractivity contribution < 1.29 is 19.5 Å². The molecular weight excluding hydrogens is 250 g/mol. The predicted octanol–water partition coefficient (Wildman–Crippen LogP) is -0.277. The number of aliphatic carboxylic acids is 1. The summed E-state index contributed by atoms with van der Waals surface area (Å²) >= 11 is 0. The summed E-state index contributed by atoms with van der Waals surface area (Å²) in [5.41, 5.74) is 0. The van der Waals surface area contributed by atoms with Gasteiger partial charge >= 0.3 is 12.0 Å². The van der Waals surface area contributed by atoms with Crippen LogP contribution in [0.5, 0.6) is 0 Å². The summed E-state index contributed by atoms with van der Waals surface area (Å²) in [4.78, 5) is 37.0. The normalized spacial score (nSPS) is 20.9. The summed E-state index contributed by atoms with van der Waals surface area (Å²) < 4.78 is 0. The Morgan fingerprint density at radius 3 is 2.16 bits per heavy atom. The summed E-state index contributed by atoms with van der Waals surface area (Å²) in [6, 6.07) is 0.0588. The van der Waals surface area contributed by atoms with Crippen molar-refractivity contribution in [2.45, 2.75) is 25.8 Å². The first-order valence-corrected chi connectivity index (χ1v) is 6.51. The van der Waals surface area contributed by atoms with Crippen molar-refractivity contribution in [1.29, 1.82) is 0 Å². The van der Waals surface area contributed by atoms with E-state index in [1.807, 2.05) is 0 Å². The van der Waals surface area contributed by atoms with E-state index in [0.29, 0.717) is 26.2 Å². The molecule has 0 bridgehead atoms. The molecule has 0 aromatic rings. The van der Waals surface area contributed by atoms with E-state index in [9.17, 15) is 14.4 Å². The molecule has 0 spiro atoms. The zero-order chi connectivity index (χ0) is 14.0. The van der Waals surface area contributed by atoms with Gasteiger partial charge in [0.1, 0.15) is 0 Å². The number of carboxylic acid groups (broad SMARTS) is 1. The lowest BCUT2D eigenvalue weighted by Crippen LogP contribution is -2.58. The molecule has 3 amide bonds. The van der Waals surface area contributed by atoms with E-state index in [0.717, 1.165) is 12.8 Å². The van der Waals surface area contributed by atoms with E-state index in [1.165, 1.54) is 6.92 Å². The first-order chi connectivity index (χ1) is 8.97. The molecule has 2 N–H and O–H groups in total. The van der Waals surface area contributed by atoms with Crippen LogP contribution in [0.3, 0.4) is 0 Å². The van der Waals surface area contributed by atoms with Crippen molar-refractivity contribution in [3.63, 3.8) is 0 Å². The molecule has 0 aliphatic carbocycles. The standard InChI is InChI=1S/C12H19N3O4/c1-8(16)13-10-2-4-14(5-3-10)12(19)15-6-9(7-15)11(17)18/h9-10H,2-7H2,1H3,(H,13,16)(H,17,18). The number of piperidine rings is 1. The Hall–Kier alpha value is -1.79. The molecule has 19 heavy (non-hydrogen) atoms. The van der Waals surface area contributed by atoms with Gasteiger partial charge in [-0.1, -0.05) is 0 Å². The Balaban J connectivity index is 1.74. The molecule has 0 saturated carbocycles. The van der Waals surface area contributed by atoms with Gasteiger partial charge in [-0.2, -0.15) is 0 Å². The monoisotopic (exact) mass is 269 g/mol. The predicted molar refractivity (Wildman–Crippen MR) is 66.5 cm³/mol. The molecule has 0 aromatic heterocycles. The fourth-order valence-electron chi connectivity index (χ4n) is 2.49. The second-order valence-corrected chi connectivity index (χ2v) is 5.18. The maximum atomic E-state index is 12.0. The third-order valence-electron chi connectivity index (χ3n) is 3.67. The molecule has 7 nitrogen and oxygen atoms in total. The number of hydrogen-bond donors (Lipinski definition) is 2. The summed E-state index contributed by atoms with van der Waals surface area (Å²) in [7, 11) is 0. The van der Waals surface area contributed by atoms with Gasteiger partial charge in [0.15, 0.2) is 0 Å². The van der Waals surface area contributed by atoms with Crippen molar-refractivity contribution in [3.05, 3.63) is 0 Å². The largest absolute Gasteiger partial charge is 0.481 e. The number of likely N-dealkylation sites (tertiary alicyclic amines) is 2. The zero-order valence-electron chi connectivity index (χ0n) is 11.0. The zero-order valence-corrected chi connectivity index (χ0v) is 11.0. The minimum atomic E-state index is -0.839. The van der Waals surface area contributed by atoms with E-state index in [-0.39, 0.29) is 18.0 Å². The highest BCUT2D eigenvalue weighted by Crippen LogP contribution is 2.20. The van der Waals surface area contributed by atoms with Crippen LogP contribution in [0.15, 0.2) is 0 Å². The molecule has 2 rings (SSSR count). The van der Waals surface area contributed by atoms with Crippen LogP contribution < -0.4 is 5.32 Å². The number of urea groups is 1. The van der Waals surface area contributed by atoms with Gasteiger partial charge in [0.25, 0.3) is 0 Å². The van der Waals surface area contributed by atoms with Gasteiger partial charge in [0.2, 0.25) is 5.91 Å². The Morgan fingerprint density at radius 2 is 1.68 bits per heavy atom. The molecule has 2 saturated heterocycles. The van der Waals surface area contributed by atoms with Gasteiger partial charge in [-0.15, -0.1) is 0 Å². The molecule has 2 fully saturated rings. The van der Waals surface area contributed by atoms with Gasteiger partial charge in [-0.05, 0) is 12.8 Å². The highest BCUT2D eigenvalue weighted by molar-refractivity contribution is 5.80. The molecule has 2 aliphatic rings. The number of nitrogens with one attached hydrogen (secondary N) is 1. The van der Waals surface area contributed by atoms with Gasteiger partial charge in [-0.25, -0.2) is 4.79 Å². The van der Waals surface area contributed by atoms with E-state index in [4.69, 9.17) is 5.11 Å². The molecule has 0 unspecified atom stereocenters. The van der Waals surface area contributed by atoms with Crippen molar-refractivity contribution in [3.8, 4) is 0 Å². The SMILES string of the molecule is CC(=O)NC1CCN(C(=O)N2CC(C(=O)O)C2)CC1. The minimum Gasteiger partial charge on any atom is -0.481 e. The van der Waals surface area contributed by atoms with Gasteiger partial charge in [0, 0.05) is 39.1 Å². The summed E-state index contributed by atoms with van der Waals surface area (Å²) in [5, 5.41) is 11.6. The third-order valence-corrected chi connectivity index (χ3v) is 3.67. The first-order valence-electron chi connectivity index (χ1n) is 6.51. The molecule has 0 aromatic carbocycles. The van der Waals surface area contributed by atoms with Crippen LogP contribution in [0, 0.1) is 5.92 Å². The Labute approximate surface area is 111 Å². The fourth-order valence-corrected chi connectivity index (χ4v) is 2.49. The van der Waals surface area contributed by atoms with Crippen LogP contribution in [-0.2, 0) is 9.59 Å². The Kier molecular flexibility index (Phi) is 3.92. The second kappa shape index (κ2) is 5.46. The first kappa shape index (κ1) is 13.6. The number of hydrogen-bond acceptors (Lipinski definition) is 3. The second-order valence-electron chi connectivity index (χ2n) is 5.18. The van der Waals surface area contributed by atoms with E-state index < -0.39 is 11.9 Å². The molecule has 2 aliphatic heterocycles. The van der Waals surface area contributed by atoms with E-state index in [1.54, 1.807) is 9.80 Å². The summed E-state index contributed by atoms with van der Waals surface area (Å²) in [6.45, 7) is 3.32. The quantitative estimate of drug-likeness (QED) is 0.721. The topological polar surface area (TPSA) is 90.0 Å². The van der Waals surface area contributed by atoms with Crippen molar-refractivity contribution in [1.82, 2.24) is 15.1 Å². The van der Waals surface area contributed by atoms with Crippen LogP contribution in [0.25, 0.3) is 0 Å². The molecule has 106 valence electrons. The van der Waals surface area contributed by atoms with Crippen LogP contribution in [0.2, 0.25) is 0 Å². The highest BCUT2D eigenvalue weighted by Gasteiger charge is 2.38. The molecule has 2 heterocycles. The molecule has 0 atom stereocenters. The van der Waals surface area contributed by atoms with Crippen molar-refractivity contribution in [2.24, 2.45) is 5.92 Å². The van der Waals surface area contributed by atoms with Gasteiger partial charge < -0.3 is 20.2 Å². The van der Waals surface area contributed by atoms with Crippen LogP contribution in [-0.4, -0.2) is 65.0 Å². The smallest absolute Gasteiger partial charge is 0.320 e. The van der Waals surface area contributed by atoms with E-state index >= 15 is 0 Å². The maximum Gasteiger partial charge on any atom is 0.320 e. The van der Waals surface area contributed by atoms with Crippen LogP contribution in [0.1, 0.15) is 19.8 Å². The number of nitrogens with zero attached hydrogens (tertiary/aromatic N) is 2. The van der Waals surface area contributed by atoms with Gasteiger partial charge in [0.05, 0.1) is 5.92 Å². The van der Waals surface area contributed by atoms with Gasteiger partial charge in [-0.3, -0.25) is 9.59 Å². The number of amides is 3. The summed E-state index contributed by atoms with van der Waals surface area (Å²) in [6.07, 6.45) is 1.50. The van der Waals surface area contributed by atoms with Crippen LogP contribution >= 0.6 is 0 Å². The number of carboxylic acids is 1. The Morgan fingerprint density at radius 1 is 1.11 bits per heavy atom. The lowest BCUT2D eigenvalue weighted by Gasteiger charge is -2.42. The summed E-state index contributed by atoms with van der Waals surface area (Å²) in [5.74, 6) is -1.30. The number of carbonyl (C=O) groups is 3. The van der Waals surface area contributed by atoms with Crippen molar-refractivity contribution >= 4 is 17.9 Å². The maximum absolute atomic E-state index is 12.0. The van der Waals surface area contributed by atoms with Crippen molar-refractivity contribution in [2.75, 3.05) is 26.2 Å². The average molecular weight is 269 g/mol. The van der Waals surface area contributed by atoms with E-state index in [2.05, 4.69) is 5.32 Å². The lowest BCUT2D eigenvalue weighted by molar-refractivity contribution is -0.146. The molecular formula is C12H19N3O4. The third kappa shape index (κ3) is 3.15. The fraction of sp³-hybridized carbons (Fsp3) is 0.750. The Bertz CT molecular complexity index is 384. The number of carbonyl (C=O) groups excluding carboxylic acids is 2. The molecule has 0 radical (unpaired) electrons. The molecule has 7 heteroatoms. The lowest BCUT2D eigenvalue weighted by atomic mass is 10.0. The highest BCUT2D eigenvalue weighted by atomic mass is 16.4.